The van der Waals surface area contributed by atoms with Gasteiger partial charge in [-0.1, -0.05) is 0 Å². The number of hydrogen-bond acceptors (Lipinski definition) is 4. The number of aromatic nitrogens is 2. The molecule has 104 valence electrons. The van der Waals surface area contributed by atoms with Gasteiger partial charge in [-0.3, -0.25) is 14.2 Å². The van der Waals surface area contributed by atoms with Crippen molar-refractivity contribution in [1.29, 1.82) is 0 Å². The van der Waals surface area contributed by atoms with E-state index in [9.17, 15) is 14.4 Å². The molecule has 0 saturated heterocycles. The summed E-state index contributed by atoms with van der Waals surface area (Å²) in [5.41, 5.74) is 4.44. The van der Waals surface area contributed by atoms with E-state index in [1.807, 2.05) is 0 Å². The summed E-state index contributed by atoms with van der Waals surface area (Å²) >= 11 is 0. The van der Waals surface area contributed by atoms with Crippen molar-refractivity contribution >= 4 is 11.6 Å². The van der Waals surface area contributed by atoms with E-state index in [2.05, 4.69) is 0 Å². The number of carbonyl (C=O) groups excluding carboxylic acids is 1. The minimum absolute atomic E-state index is 0.0247. The molecule has 2 rings (SSSR count). The van der Waals surface area contributed by atoms with Gasteiger partial charge in [0.15, 0.2) is 0 Å². The third kappa shape index (κ3) is 2.54. The number of amides is 1. The highest BCUT2D eigenvalue weighted by atomic mass is 16.2. The molecule has 0 aliphatic heterocycles. The minimum Gasteiger partial charge on any atom is -0.393 e. The number of rotatable bonds is 4. The number of nitrogen functional groups attached to an aromatic ring is 1. The molecule has 0 unspecified atom stereocenters. The predicted octanol–water partition coefficient (Wildman–Crippen LogP) is -0.767. The van der Waals surface area contributed by atoms with Crippen LogP contribution in [0.25, 0.3) is 0 Å². The van der Waals surface area contributed by atoms with Crippen LogP contribution in [0.2, 0.25) is 0 Å². The van der Waals surface area contributed by atoms with Gasteiger partial charge < -0.3 is 10.6 Å². The van der Waals surface area contributed by atoms with Crippen LogP contribution in [0.4, 0.5) is 5.69 Å². The highest BCUT2D eigenvalue weighted by Crippen LogP contribution is 2.25. The fourth-order valence-corrected chi connectivity index (χ4v) is 1.95. The van der Waals surface area contributed by atoms with Crippen molar-refractivity contribution in [3.05, 3.63) is 27.0 Å². The zero-order valence-corrected chi connectivity index (χ0v) is 11.1. The summed E-state index contributed by atoms with van der Waals surface area (Å²) in [6.07, 6.45) is 3.27. The topological polar surface area (TPSA) is 90.3 Å². The molecule has 1 aliphatic rings. The van der Waals surface area contributed by atoms with Crippen LogP contribution in [0, 0.1) is 0 Å². The Morgan fingerprint density at radius 3 is 2.63 bits per heavy atom. The first-order valence-electron chi connectivity index (χ1n) is 6.31. The molecule has 1 aromatic heterocycles. The van der Waals surface area contributed by atoms with Crippen molar-refractivity contribution in [3.63, 3.8) is 0 Å². The number of likely N-dealkylation sites (N-methyl/N-ethyl adjacent to an activating group) is 1. The second-order valence-corrected chi connectivity index (χ2v) is 4.78. The van der Waals surface area contributed by atoms with Gasteiger partial charge in [-0.15, -0.1) is 0 Å². The Balaban J connectivity index is 2.33. The van der Waals surface area contributed by atoms with Crippen molar-refractivity contribution in [3.8, 4) is 0 Å². The number of nitrogens with two attached hydrogens (primary N) is 1. The second-order valence-electron chi connectivity index (χ2n) is 4.78. The first-order valence-corrected chi connectivity index (χ1v) is 6.31. The van der Waals surface area contributed by atoms with Gasteiger partial charge in [0.05, 0.1) is 0 Å². The van der Waals surface area contributed by atoms with Crippen LogP contribution >= 0.6 is 0 Å². The SMILES string of the molecule is CCn1cc(N)c(=O)n(CC(=O)N(C)C2CC2)c1=O. The average molecular weight is 266 g/mol. The highest BCUT2D eigenvalue weighted by Gasteiger charge is 2.30. The molecule has 2 N–H and O–H groups in total. The largest absolute Gasteiger partial charge is 0.393 e. The van der Waals surface area contributed by atoms with Crippen molar-refractivity contribution in [2.45, 2.75) is 38.9 Å². The molecule has 19 heavy (non-hydrogen) atoms. The number of hydrogen-bond donors (Lipinski definition) is 1. The minimum atomic E-state index is -0.604. The molecule has 1 fully saturated rings. The maximum Gasteiger partial charge on any atom is 0.331 e. The Hall–Kier alpha value is -2.05. The molecule has 7 nitrogen and oxygen atoms in total. The zero-order valence-electron chi connectivity index (χ0n) is 11.1. The number of nitrogens with zero attached hydrogens (tertiary/aromatic N) is 3. The molecule has 0 aromatic carbocycles. The normalized spacial score (nSPS) is 14.4. The lowest BCUT2D eigenvalue weighted by Gasteiger charge is -2.17. The van der Waals surface area contributed by atoms with E-state index in [4.69, 9.17) is 5.73 Å². The van der Waals surface area contributed by atoms with Crippen LogP contribution in [0.3, 0.4) is 0 Å². The van der Waals surface area contributed by atoms with Crippen LogP contribution in [-0.2, 0) is 17.9 Å². The van der Waals surface area contributed by atoms with Crippen molar-refractivity contribution < 1.29 is 4.79 Å². The maximum absolute atomic E-state index is 12.0. The highest BCUT2D eigenvalue weighted by molar-refractivity contribution is 5.76. The maximum atomic E-state index is 12.0. The van der Waals surface area contributed by atoms with Crippen LogP contribution in [0.5, 0.6) is 0 Å². The van der Waals surface area contributed by atoms with E-state index in [1.165, 1.54) is 10.8 Å². The fourth-order valence-electron chi connectivity index (χ4n) is 1.95. The number of aryl methyl sites for hydroxylation is 1. The Bertz CT molecular complexity index is 612. The lowest BCUT2D eigenvalue weighted by atomic mass is 10.4. The van der Waals surface area contributed by atoms with Gasteiger partial charge in [0.1, 0.15) is 12.2 Å². The van der Waals surface area contributed by atoms with E-state index in [1.54, 1.807) is 18.9 Å². The third-order valence-corrected chi connectivity index (χ3v) is 3.39. The predicted molar refractivity (Wildman–Crippen MR) is 70.8 cm³/mol. The van der Waals surface area contributed by atoms with Crippen molar-refractivity contribution in [1.82, 2.24) is 14.0 Å². The van der Waals surface area contributed by atoms with Gasteiger partial charge in [0, 0.05) is 25.8 Å². The summed E-state index contributed by atoms with van der Waals surface area (Å²) in [4.78, 5) is 37.4. The Morgan fingerprint density at radius 2 is 2.11 bits per heavy atom. The Labute approximate surface area is 110 Å². The van der Waals surface area contributed by atoms with E-state index in [0.717, 1.165) is 17.4 Å². The van der Waals surface area contributed by atoms with Crippen molar-refractivity contribution in [2.24, 2.45) is 0 Å². The molecule has 0 spiro atoms. The van der Waals surface area contributed by atoms with Crippen LogP contribution < -0.4 is 17.0 Å². The standard InChI is InChI=1S/C12H18N4O3/c1-3-15-6-9(13)11(18)16(12(15)19)7-10(17)14(2)8-4-5-8/h6,8H,3-5,7,13H2,1-2H3. The van der Waals surface area contributed by atoms with Crippen LogP contribution in [0.15, 0.2) is 15.8 Å². The summed E-state index contributed by atoms with van der Waals surface area (Å²) < 4.78 is 2.22. The van der Waals surface area contributed by atoms with Gasteiger partial charge >= 0.3 is 5.69 Å². The molecule has 1 saturated carbocycles. The number of carbonyl (C=O) groups is 1. The van der Waals surface area contributed by atoms with Gasteiger partial charge in [-0.05, 0) is 19.8 Å². The molecular weight excluding hydrogens is 248 g/mol. The molecule has 1 heterocycles. The second kappa shape index (κ2) is 4.91. The van der Waals surface area contributed by atoms with Crippen LogP contribution in [0.1, 0.15) is 19.8 Å². The molecule has 1 aliphatic carbocycles. The Morgan fingerprint density at radius 1 is 1.47 bits per heavy atom. The first kappa shape index (κ1) is 13.4. The summed E-state index contributed by atoms with van der Waals surface area (Å²) in [5.74, 6) is -0.241. The molecule has 1 aromatic rings. The molecule has 7 heteroatoms. The molecule has 0 bridgehead atoms. The van der Waals surface area contributed by atoms with Gasteiger partial charge in [-0.2, -0.15) is 0 Å². The fraction of sp³-hybridized carbons (Fsp3) is 0.583. The monoisotopic (exact) mass is 266 g/mol. The lowest BCUT2D eigenvalue weighted by molar-refractivity contribution is -0.131. The molecule has 0 atom stereocenters. The summed E-state index contributed by atoms with van der Waals surface area (Å²) in [5, 5.41) is 0. The van der Waals surface area contributed by atoms with Gasteiger partial charge in [-0.25, -0.2) is 9.36 Å². The smallest absolute Gasteiger partial charge is 0.331 e. The van der Waals surface area contributed by atoms with Crippen molar-refractivity contribution in [2.75, 3.05) is 12.8 Å². The lowest BCUT2D eigenvalue weighted by Crippen LogP contribution is -2.44. The van der Waals surface area contributed by atoms with Gasteiger partial charge in [0.2, 0.25) is 5.91 Å². The van der Waals surface area contributed by atoms with Gasteiger partial charge in [0.25, 0.3) is 5.56 Å². The zero-order chi connectivity index (χ0) is 14.2. The average Bonchev–Trinajstić information content (AvgIpc) is 3.22. The molecule has 0 radical (unpaired) electrons. The Kier molecular flexibility index (Phi) is 3.46. The first-order chi connectivity index (χ1) is 8.95. The molecule has 1 amide bonds. The third-order valence-electron chi connectivity index (χ3n) is 3.39. The molecular formula is C12H18N4O3. The summed E-state index contributed by atoms with van der Waals surface area (Å²) in [6, 6.07) is 0.248. The number of anilines is 1. The van der Waals surface area contributed by atoms with E-state index in [0.29, 0.717) is 6.54 Å². The summed E-state index contributed by atoms with van der Waals surface area (Å²) in [7, 11) is 1.69. The van der Waals surface area contributed by atoms with E-state index >= 15 is 0 Å². The quantitative estimate of drug-likeness (QED) is 0.775. The van der Waals surface area contributed by atoms with E-state index in [-0.39, 0.29) is 24.2 Å². The van der Waals surface area contributed by atoms with E-state index < -0.39 is 11.2 Å². The van der Waals surface area contributed by atoms with Crippen LogP contribution in [-0.4, -0.2) is 33.0 Å². The summed E-state index contributed by atoms with van der Waals surface area (Å²) in [6.45, 7) is 1.92.